The summed E-state index contributed by atoms with van der Waals surface area (Å²) >= 11 is 0. The number of hydrazine groups is 1. The topological polar surface area (TPSA) is 113 Å². The van der Waals surface area contributed by atoms with Crippen LogP contribution in [-0.2, 0) is 4.79 Å². The molecule has 2 aromatic heterocycles. The molecule has 2 aliphatic rings. The normalized spacial score (nSPS) is 19.1. The number of aromatic nitrogens is 3. The zero-order valence-electron chi connectivity index (χ0n) is 19.2. The van der Waals surface area contributed by atoms with Crippen LogP contribution in [0.5, 0.6) is 0 Å². The fourth-order valence-electron chi connectivity index (χ4n) is 3.89. The van der Waals surface area contributed by atoms with E-state index < -0.39 is 12.6 Å². The van der Waals surface area contributed by atoms with Crippen LogP contribution in [0.3, 0.4) is 0 Å². The van der Waals surface area contributed by atoms with Crippen molar-refractivity contribution in [2.75, 3.05) is 0 Å². The molecule has 0 bridgehead atoms. The Hall–Kier alpha value is -3.76. The predicted octanol–water partition coefficient (Wildman–Crippen LogP) is 2.87. The minimum atomic E-state index is -2.61. The second-order valence-corrected chi connectivity index (χ2v) is 8.29. The van der Waals surface area contributed by atoms with E-state index in [0.717, 1.165) is 23.1 Å². The Labute approximate surface area is 196 Å². The van der Waals surface area contributed by atoms with Crippen LogP contribution in [0.1, 0.15) is 62.9 Å². The minimum Gasteiger partial charge on any atom is -0.368 e. The highest BCUT2D eigenvalue weighted by Gasteiger charge is 2.33. The number of nitrogens with one attached hydrogen (secondary N) is 2. The van der Waals surface area contributed by atoms with Gasteiger partial charge in [-0.05, 0) is 49.1 Å². The summed E-state index contributed by atoms with van der Waals surface area (Å²) < 4.78 is 27.5. The molecule has 2 aromatic rings. The molecule has 11 heteroatoms. The van der Waals surface area contributed by atoms with Crippen LogP contribution in [0.25, 0.3) is 5.57 Å². The van der Waals surface area contributed by atoms with Gasteiger partial charge in [-0.25, -0.2) is 13.8 Å². The van der Waals surface area contributed by atoms with Gasteiger partial charge >= 0.3 is 0 Å². The predicted molar refractivity (Wildman–Crippen MR) is 124 cm³/mol. The lowest BCUT2D eigenvalue weighted by Gasteiger charge is -2.29. The maximum absolute atomic E-state index is 13.0. The van der Waals surface area contributed by atoms with E-state index in [1.54, 1.807) is 28.0 Å². The summed E-state index contributed by atoms with van der Waals surface area (Å²) in [5, 5.41) is 9.12. The average Bonchev–Trinajstić information content (AvgIpc) is 3.45. The van der Waals surface area contributed by atoms with Gasteiger partial charge in [0, 0.05) is 24.0 Å². The summed E-state index contributed by atoms with van der Waals surface area (Å²) in [6.45, 7) is 5.93. The lowest BCUT2D eigenvalue weighted by Crippen LogP contribution is -2.48. The van der Waals surface area contributed by atoms with Crippen LogP contribution in [0.4, 0.5) is 8.78 Å². The molecular weight excluding hydrogens is 442 g/mol. The molecule has 0 saturated heterocycles. The van der Waals surface area contributed by atoms with Crippen LogP contribution in [0.15, 0.2) is 53.6 Å². The van der Waals surface area contributed by atoms with E-state index >= 15 is 0 Å². The number of carbonyl (C=O) groups is 1. The lowest BCUT2D eigenvalue weighted by molar-refractivity contribution is -0.120. The molecule has 2 aliphatic heterocycles. The van der Waals surface area contributed by atoms with Gasteiger partial charge < -0.3 is 11.1 Å². The number of allylic oxidation sites excluding steroid dienone is 2. The summed E-state index contributed by atoms with van der Waals surface area (Å²) in [5.41, 5.74) is 11.3. The van der Waals surface area contributed by atoms with Crippen molar-refractivity contribution < 1.29 is 13.6 Å². The highest BCUT2D eigenvalue weighted by molar-refractivity contribution is 5.98. The van der Waals surface area contributed by atoms with E-state index in [1.165, 1.54) is 12.3 Å². The van der Waals surface area contributed by atoms with E-state index in [1.807, 2.05) is 33.0 Å². The quantitative estimate of drug-likeness (QED) is 0.547. The highest BCUT2D eigenvalue weighted by Crippen LogP contribution is 2.30. The first-order chi connectivity index (χ1) is 16.3. The number of carbonyl (C=O) groups excluding carboxylic acids is 1. The molecule has 0 radical (unpaired) electrons. The molecule has 4 heterocycles. The largest absolute Gasteiger partial charge is 0.368 e. The molecule has 34 heavy (non-hydrogen) atoms. The molecule has 4 rings (SSSR count). The first-order valence-corrected chi connectivity index (χ1v) is 11.2. The van der Waals surface area contributed by atoms with Crippen LogP contribution < -0.4 is 16.5 Å². The Morgan fingerprint density at radius 3 is 2.71 bits per heavy atom. The molecule has 1 amide bonds. The van der Waals surface area contributed by atoms with Crippen LogP contribution in [0, 0.1) is 0 Å². The Morgan fingerprint density at radius 2 is 2.06 bits per heavy atom. The van der Waals surface area contributed by atoms with Crippen molar-refractivity contribution in [3.05, 3.63) is 65.4 Å². The van der Waals surface area contributed by atoms with Crippen LogP contribution >= 0.6 is 0 Å². The third-order valence-electron chi connectivity index (χ3n) is 5.93. The van der Waals surface area contributed by atoms with Crippen molar-refractivity contribution in [3.63, 3.8) is 0 Å². The van der Waals surface area contributed by atoms with E-state index in [2.05, 4.69) is 25.8 Å². The third-order valence-corrected chi connectivity index (χ3v) is 5.93. The molecule has 3 unspecified atom stereocenters. The number of aliphatic imine (C=N–C) groups is 1. The molecule has 4 N–H and O–H groups in total. The molecule has 3 atom stereocenters. The van der Waals surface area contributed by atoms with Gasteiger partial charge in [-0.3, -0.25) is 24.9 Å². The van der Waals surface area contributed by atoms with E-state index in [9.17, 15) is 13.6 Å². The van der Waals surface area contributed by atoms with Crippen molar-refractivity contribution in [1.29, 1.82) is 0 Å². The van der Waals surface area contributed by atoms with Gasteiger partial charge in [0.1, 0.15) is 11.4 Å². The second kappa shape index (κ2) is 9.62. The molecule has 0 spiro atoms. The van der Waals surface area contributed by atoms with Gasteiger partial charge in [0.05, 0.1) is 12.2 Å². The van der Waals surface area contributed by atoms with Gasteiger partial charge in [0.2, 0.25) is 5.96 Å². The number of hydrogen-bond acceptors (Lipinski definition) is 7. The third kappa shape index (κ3) is 4.63. The zero-order valence-corrected chi connectivity index (χ0v) is 19.2. The van der Waals surface area contributed by atoms with Gasteiger partial charge in [-0.15, -0.1) is 0 Å². The fourth-order valence-corrected chi connectivity index (χ4v) is 3.89. The number of halogens is 2. The van der Waals surface area contributed by atoms with Crippen molar-refractivity contribution >= 4 is 17.4 Å². The van der Waals surface area contributed by atoms with E-state index in [4.69, 9.17) is 5.73 Å². The van der Waals surface area contributed by atoms with Gasteiger partial charge in [-0.2, -0.15) is 5.10 Å². The Bertz CT molecular complexity index is 1140. The van der Waals surface area contributed by atoms with Crippen molar-refractivity contribution in [2.24, 2.45) is 10.7 Å². The zero-order chi connectivity index (χ0) is 24.4. The first-order valence-electron chi connectivity index (χ1n) is 11.2. The lowest BCUT2D eigenvalue weighted by atomic mass is 10.0. The molecule has 180 valence electrons. The minimum absolute atomic E-state index is 0.0141. The number of pyridine rings is 1. The number of hydrogen-bond donors (Lipinski definition) is 3. The summed E-state index contributed by atoms with van der Waals surface area (Å²) in [6, 6.07) is 2.83. The number of guanidine groups is 1. The molecule has 0 saturated carbocycles. The Balaban J connectivity index is 1.63. The number of fused-ring (bicyclic) bond motifs is 1. The van der Waals surface area contributed by atoms with E-state index in [0.29, 0.717) is 12.1 Å². The summed E-state index contributed by atoms with van der Waals surface area (Å²) in [5.74, 6) is -0.00222. The van der Waals surface area contributed by atoms with Gasteiger partial charge in [0.25, 0.3) is 12.3 Å². The molecule has 0 aliphatic carbocycles. The highest BCUT2D eigenvalue weighted by atomic mass is 19.3. The molecule has 0 fully saturated rings. The molecule has 0 aromatic carbocycles. The number of nitrogens with two attached hydrogens (primary N) is 1. The number of alkyl halides is 2. The molecular formula is C23H28F2N8O. The van der Waals surface area contributed by atoms with Crippen molar-refractivity contribution in [1.82, 2.24) is 30.5 Å². The second-order valence-electron chi connectivity index (χ2n) is 8.29. The number of rotatable bonds is 8. The van der Waals surface area contributed by atoms with Crippen LogP contribution in [-0.4, -0.2) is 43.8 Å². The fraction of sp³-hybridized carbons (Fsp3) is 0.391. The monoisotopic (exact) mass is 470 g/mol. The molecule has 9 nitrogen and oxygen atoms in total. The average molecular weight is 471 g/mol. The maximum atomic E-state index is 13.0. The van der Waals surface area contributed by atoms with Crippen LogP contribution in [0.2, 0.25) is 0 Å². The van der Waals surface area contributed by atoms with Gasteiger partial charge in [0.15, 0.2) is 6.17 Å². The Kier molecular flexibility index (Phi) is 6.62. The maximum Gasteiger partial charge on any atom is 0.280 e. The van der Waals surface area contributed by atoms with Crippen molar-refractivity contribution in [3.8, 4) is 0 Å². The summed E-state index contributed by atoms with van der Waals surface area (Å²) in [7, 11) is 0. The summed E-state index contributed by atoms with van der Waals surface area (Å²) in [4.78, 5) is 21.2. The van der Waals surface area contributed by atoms with E-state index in [-0.39, 0.29) is 29.6 Å². The first kappa shape index (κ1) is 23.4. The Morgan fingerprint density at radius 1 is 1.26 bits per heavy atom. The number of amides is 1. The van der Waals surface area contributed by atoms with Gasteiger partial charge in [-0.1, -0.05) is 19.9 Å². The van der Waals surface area contributed by atoms with Crippen molar-refractivity contribution in [2.45, 2.75) is 58.3 Å². The smallest absolute Gasteiger partial charge is 0.280 e. The number of nitrogens with zero attached hydrogens (tertiary/aromatic N) is 5. The standard InChI is InChI=1S/C23H28F2N8O/c1-4-13(3)29-22(34)19-8-15(9-20-30-23(26)31-33(19)20)16-11-28-32(12-16)18(5-2)14-6-7-17(21(24)25)27-10-14/h6-13,18,20-21H,4-5H2,1-3H3,(H,29,34)(H3,26,30,31). The summed E-state index contributed by atoms with van der Waals surface area (Å²) in [6.07, 6.45) is 7.13. The SMILES string of the molecule is CCC(C)NC(=O)C1=CC(c2cnn(C(CC)c3ccc(C(F)F)nc3)c2)=CC2N=C(N)NN12.